The number of nitrogens with one attached hydrogen (secondary N) is 1. The van der Waals surface area contributed by atoms with Gasteiger partial charge in [0.15, 0.2) is 0 Å². The largest absolute Gasteiger partial charge is 0.338 e. The number of amides is 2. The number of likely N-dealkylation sites (tertiary alicyclic amines) is 1. The molecule has 0 radical (unpaired) electrons. The number of fused-ring (bicyclic) bond motifs is 1. The maximum absolute atomic E-state index is 14.8. The molecule has 0 unspecified atom stereocenters. The smallest absolute Gasteiger partial charge is 0.272 e. The van der Waals surface area contributed by atoms with Crippen LogP contribution < -0.4 is 5.56 Å². The quantitative estimate of drug-likeness (QED) is 0.542. The summed E-state index contributed by atoms with van der Waals surface area (Å²) in [7, 11) is 1.97. The molecular weight excluding hydrogens is 520 g/mol. The first-order valence-corrected chi connectivity index (χ1v) is 13.0. The van der Waals surface area contributed by atoms with Crippen LogP contribution in [-0.4, -0.2) is 81.2 Å². The second kappa shape index (κ2) is 9.78. The predicted octanol–water partition coefficient (Wildman–Crippen LogP) is 3.43. The summed E-state index contributed by atoms with van der Waals surface area (Å²) in [6, 6.07) is 5.88. The number of nitrogens with zero attached hydrogens (tertiary/aromatic N) is 4. The van der Waals surface area contributed by atoms with Crippen molar-refractivity contribution in [3.05, 3.63) is 73.6 Å². The number of benzene rings is 1. The number of hydrogen-bond acceptors (Lipinski definition) is 4. The second-order valence-corrected chi connectivity index (χ2v) is 10.8. The van der Waals surface area contributed by atoms with Crippen molar-refractivity contribution in [2.24, 2.45) is 0 Å². The molecule has 0 saturated carbocycles. The van der Waals surface area contributed by atoms with Crippen LogP contribution in [0.3, 0.4) is 0 Å². The number of likely N-dealkylation sites (N-methyl/N-ethyl adjacent to an activating group) is 1. The van der Waals surface area contributed by atoms with Crippen LogP contribution in [0.5, 0.6) is 0 Å². The van der Waals surface area contributed by atoms with Crippen molar-refractivity contribution in [2.45, 2.75) is 31.7 Å². The van der Waals surface area contributed by atoms with Gasteiger partial charge < -0.3 is 14.8 Å². The highest BCUT2D eigenvalue weighted by molar-refractivity contribution is 6.42. The van der Waals surface area contributed by atoms with Crippen molar-refractivity contribution >= 4 is 40.5 Å². The standard InChI is InChI=1S/C26H28Cl2FN5O3/c1-26(6-3-7-31(26)2)25(37)33-10-8-32(9-11-33)24(36)18-13-16(4-5-20(18)29)12-17-15-30-23(35)21-14-19(27)22(28)34(17)21/h4-5,13-15H,3,6-12H2,1-2H3,(H,30,35)/t26-/m1/s1. The van der Waals surface area contributed by atoms with Gasteiger partial charge in [0.05, 0.1) is 16.1 Å². The molecule has 5 rings (SSSR count). The van der Waals surface area contributed by atoms with Crippen molar-refractivity contribution in [3.8, 4) is 0 Å². The van der Waals surface area contributed by atoms with Gasteiger partial charge in [-0.15, -0.1) is 0 Å². The minimum absolute atomic E-state index is 0.0305. The third-order valence-electron chi connectivity index (χ3n) is 7.75. The molecule has 2 aliphatic rings. The molecule has 2 aliphatic heterocycles. The van der Waals surface area contributed by atoms with E-state index >= 15 is 0 Å². The summed E-state index contributed by atoms with van der Waals surface area (Å²) in [4.78, 5) is 46.8. The fourth-order valence-electron chi connectivity index (χ4n) is 5.37. The summed E-state index contributed by atoms with van der Waals surface area (Å²) < 4.78 is 16.3. The Hall–Kier alpha value is -2.88. The molecule has 1 aromatic carbocycles. The Labute approximate surface area is 223 Å². The lowest BCUT2D eigenvalue weighted by atomic mass is 9.96. The van der Waals surface area contributed by atoms with Gasteiger partial charge in [-0.3, -0.25) is 23.7 Å². The zero-order valence-electron chi connectivity index (χ0n) is 20.7. The van der Waals surface area contributed by atoms with E-state index in [1.165, 1.54) is 24.4 Å². The van der Waals surface area contributed by atoms with Gasteiger partial charge in [-0.05, 0) is 57.1 Å². The molecule has 3 aromatic rings. The Bertz CT molecular complexity index is 1450. The van der Waals surface area contributed by atoms with E-state index in [0.29, 0.717) is 43.0 Å². The third-order valence-corrected chi connectivity index (χ3v) is 8.51. The molecule has 0 aliphatic carbocycles. The molecule has 196 valence electrons. The fourth-order valence-corrected chi connectivity index (χ4v) is 5.81. The molecule has 1 N–H and O–H groups in total. The summed E-state index contributed by atoms with van der Waals surface area (Å²) >= 11 is 12.4. The average molecular weight is 548 g/mol. The first-order chi connectivity index (χ1) is 17.6. The molecule has 11 heteroatoms. The van der Waals surface area contributed by atoms with Crippen molar-refractivity contribution in [3.63, 3.8) is 0 Å². The van der Waals surface area contributed by atoms with Gasteiger partial charge in [-0.1, -0.05) is 29.3 Å². The molecule has 4 heterocycles. The Kier molecular flexibility index (Phi) is 6.81. The lowest BCUT2D eigenvalue weighted by Crippen LogP contribution is -2.58. The molecule has 2 aromatic heterocycles. The van der Waals surface area contributed by atoms with E-state index < -0.39 is 17.3 Å². The average Bonchev–Trinajstić information content (AvgIpc) is 3.40. The van der Waals surface area contributed by atoms with Gasteiger partial charge >= 0.3 is 0 Å². The number of piperazine rings is 1. The lowest BCUT2D eigenvalue weighted by Gasteiger charge is -2.40. The highest BCUT2D eigenvalue weighted by Gasteiger charge is 2.44. The van der Waals surface area contributed by atoms with Gasteiger partial charge in [-0.25, -0.2) is 4.39 Å². The monoisotopic (exact) mass is 547 g/mol. The number of aromatic nitrogens is 2. The van der Waals surface area contributed by atoms with E-state index in [-0.39, 0.29) is 33.6 Å². The second-order valence-electron chi connectivity index (χ2n) is 9.99. The SMILES string of the molecule is CN1CCC[C@]1(C)C(=O)N1CCN(C(=O)c2cc(Cc3c[nH]c(=O)c4cc(Cl)c(Cl)n34)ccc2F)CC1. The van der Waals surface area contributed by atoms with Crippen molar-refractivity contribution < 1.29 is 14.0 Å². The molecule has 2 fully saturated rings. The highest BCUT2D eigenvalue weighted by atomic mass is 35.5. The predicted molar refractivity (Wildman–Crippen MR) is 140 cm³/mol. The van der Waals surface area contributed by atoms with Gasteiger partial charge in [0.1, 0.15) is 16.5 Å². The summed E-state index contributed by atoms with van der Waals surface area (Å²) in [6.07, 6.45) is 3.62. The first-order valence-electron chi connectivity index (χ1n) is 12.3. The zero-order chi connectivity index (χ0) is 26.5. The number of carbonyl (C=O) groups is 2. The number of aromatic amines is 1. The normalized spacial score (nSPS) is 20.7. The Morgan fingerprint density at radius 3 is 2.46 bits per heavy atom. The third kappa shape index (κ3) is 4.53. The van der Waals surface area contributed by atoms with Gasteiger partial charge in [-0.2, -0.15) is 0 Å². The fraction of sp³-hybridized carbons (Fsp3) is 0.423. The van der Waals surface area contributed by atoms with Crippen LogP contribution in [-0.2, 0) is 11.2 Å². The van der Waals surface area contributed by atoms with Crippen LogP contribution in [0.4, 0.5) is 4.39 Å². The van der Waals surface area contributed by atoms with Gasteiger partial charge in [0.2, 0.25) is 5.91 Å². The van der Waals surface area contributed by atoms with Crippen LogP contribution >= 0.6 is 23.2 Å². The Morgan fingerprint density at radius 1 is 1.08 bits per heavy atom. The molecule has 1 atom stereocenters. The number of carbonyl (C=O) groups excluding carboxylic acids is 2. The maximum Gasteiger partial charge on any atom is 0.272 e. The van der Waals surface area contributed by atoms with Gasteiger partial charge in [0.25, 0.3) is 11.5 Å². The van der Waals surface area contributed by atoms with E-state index in [1.54, 1.807) is 15.4 Å². The van der Waals surface area contributed by atoms with Crippen LogP contribution in [0.15, 0.2) is 35.3 Å². The van der Waals surface area contributed by atoms with Gasteiger partial charge in [0, 0.05) is 44.5 Å². The number of H-pyrrole nitrogens is 1. The highest BCUT2D eigenvalue weighted by Crippen LogP contribution is 2.30. The lowest BCUT2D eigenvalue weighted by molar-refractivity contribution is -0.142. The van der Waals surface area contributed by atoms with Crippen molar-refractivity contribution in [2.75, 3.05) is 39.8 Å². The molecule has 2 amide bonds. The summed E-state index contributed by atoms with van der Waals surface area (Å²) in [5.41, 5.74) is 0.734. The zero-order valence-corrected chi connectivity index (χ0v) is 22.2. The molecule has 0 bridgehead atoms. The Balaban J connectivity index is 1.32. The van der Waals surface area contributed by atoms with Crippen LogP contribution in [0.2, 0.25) is 10.2 Å². The number of halogens is 3. The Morgan fingerprint density at radius 2 is 1.78 bits per heavy atom. The summed E-state index contributed by atoms with van der Waals surface area (Å²) in [5, 5.41) is 0.460. The minimum atomic E-state index is -0.610. The molecule has 37 heavy (non-hydrogen) atoms. The molecule has 8 nitrogen and oxygen atoms in total. The van der Waals surface area contributed by atoms with Crippen LogP contribution in [0.25, 0.3) is 5.52 Å². The number of hydrogen-bond donors (Lipinski definition) is 1. The van der Waals surface area contributed by atoms with Crippen LogP contribution in [0, 0.1) is 5.82 Å². The van der Waals surface area contributed by atoms with Crippen LogP contribution in [0.1, 0.15) is 41.4 Å². The van der Waals surface area contributed by atoms with Crippen molar-refractivity contribution in [1.29, 1.82) is 0 Å². The van der Waals surface area contributed by atoms with E-state index in [2.05, 4.69) is 9.88 Å². The summed E-state index contributed by atoms with van der Waals surface area (Å²) in [5.74, 6) is -0.936. The number of rotatable bonds is 4. The van der Waals surface area contributed by atoms with E-state index in [9.17, 15) is 18.8 Å². The molecular formula is C26H28Cl2FN5O3. The molecule has 2 saturated heterocycles. The summed E-state index contributed by atoms with van der Waals surface area (Å²) in [6.45, 7) is 4.38. The maximum atomic E-state index is 14.8. The van der Waals surface area contributed by atoms with E-state index in [1.807, 2.05) is 18.9 Å². The van der Waals surface area contributed by atoms with E-state index in [4.69, 9.17) is 23.2 Å². The topological polar surface area (TPSA) is 81.1 Å². The molecule has 0 spiro atoms. The minimum Gasteiger partial charge on any atom is -0.338 e. The van der Waals surface area contributed by atoms with Crippen molar-refractivity contribution in [1.82, 2.24) is 24.1 Å². The first kappa shape index (κ1) is 25.8. The van der Waals surface area contributed by atoms with E-state index in [0.717, 1.165) is 19.4 Å².